The van der Waals surface area contributed by atoms with Gasteiger partial charge in [-0.3, -0.25) is 9.48 Å². The van der Waals surface area contributed by atoms with Crippen LogP contribution in [0.5, 0.6) is 0 Å². The molecule has 0 saturated heterocycles. The summed E-state index contributed by atoms with van der Waals surface area (Å²) in [6, 6.07) is 7.57. The van der Waals surface area contributed by atoms with Gasteiger partial charge in [0.1, 0.15) is 0 Å². The van der Waals surface area contributed by atoms with Gasteiger partial charge in [0, 0.05) is 12.6 Å². The maximum absolute atomic E-state index is 12.2. The van der Waals surface area contributed by atoms with Crippen molar-refractivity contribution in [2.24, 2.45) is 7.05 Å². The molecule has 0 atom stereocenters. The monoisotopic (exact) mass is 262 g/mol. The summed E-state index contributed by atoms with van der Waals surface area (Å²) in [5.74, 6) is 0.0676. The van der Waals surface area contributed by atoms with E-state index in [1.165, 1.54) is 0 Å². The second kappa shape index (κ2) is 4.94. The molecule has 0 aliphatic carbocycles. The average Bonchev–Trinajstić information content (AvgIpc) is 2.56. The Morgan fingerprint density at radius 3 is 2.56 bits per heavy atom. The van der Waals surface area contributed by atoms with Crippen LogP contribution in [0.15, 0.2) is 24.3 Å². The van der Waals surface area contributed by atoms with E-state index in [4.69, 9.17) is 11.6 Å². The number of ketones is 1. The molecule has 3 nitrogen and oxygen atoms in total. The highest BCUT2D eigenvalue weighted by molar-refractivity contribution is 6.32. The van der Waals surface area contributed by atoms with Crippen LogP contribution < -0.4 is 0 Å². The van der Waals surface area contributed by atoms with Gasteiger partial charge >= 0.3 is 0 Å². The van der Waals surface area contributed by atoms with Crippen LogP contribution in [0.25, 0.3) is 0 Å². The van der Waals surface area contributed by atoms with E-state index in [1.807, 2.05) is 38.1 Å². The third-order valence-electron chi connectivity index (χ3n) is 3.04. The van der Waals surface area contributed by atoms with Gasteiger partial charge in [-0.05, 0) is 19.4 Å². The van der Waals surface area contributed by atoms with E-state index >= 15 is 0 Å². The molecular formula is C14H15ClN2O. The number of Topliss-reactive ketones (excluding diaryl/α,β-unsaturated/α-hetero) is 1. The molecule has 0 fully saturated rings. The Hall–Kier alpha value is -1.61. The van der Waals surface area contributed by atoms with Gasteiger partial charge in [-0.2, -0.15) is 5.10 Å². The standard InChI is InChI=1S/C14H15ClN2O/c1-9-6-4-5-7-11(9)13(18)8-12-14(15)10(2)16-17(12)3/h4-7H,8H2,1-3H3. The van der Waals surface area contributed by atoms with Gasteiger partial charge in [0.05, 0.1) is 22.8 Å². The van der Waals surface area contributed by atoms with Crippen molar-refractivity contribution in [1.82, 2.24) is 9.78 Å². The van der Waals surface area contributed by atoms with E-state index < -0.39 is 0 Å². The number of nitrogens with zero attached hydrogens (tertiary/aromatic N) is 2. The molecule has 0 bridgehead atoms. The van der Waals surface area contributed by atoms with E-state index in [0.717, 1.165) is 22.5 Å². The SMILES string of the molecule is Cc1ccccc1C(=O)Cc1c(Cl)c(C)nn1C. The summed E-state index contributed by atoms with van der Waals surface area (Å²) in [6.07, 6.45) is 0.279. The van der Waals surface area contributed by atoms with Crippen LogP contribution in [0.4, 0.5) is 0 Å². The number of hydrogen-bond acceptors (Lipinski definition) is 2. The van der Waals surface area contributed by atoms with Gasteiger partial charge in [-0.1, -0.05) is 35.9 Å². The van der Waals surface area contributed by atoms with Gasteiger partial charge < -0.3 is 0 Å². The van der Waals surface area contributed by atoms with Gasteiger partial charge in [0.25, 0.3) is 0 Å². The van der Waals surface area contributed by atoms with E-state index in [0.29, 0.717) is 5.02 Å². The minimum absolute atomic E-state index is 0.0676. The largest absolute Gasteiger partial charge is 0.294 e. The lowest BCUT2D eigenvalue weighted by Crippen LogP contribution is -2.09. The normalized spacial score (nSPS) is 10.7. The minimum atomic E-state index is 0.0676. The van der Waals surface area contributed by atoms with Crippen molar-refractivity contribution < 1.29 is 4.79 Å². The number of halogens is 1. The van der Waals surface area contributed by atoms with E-state index in [9.17, 15) is 4.79 Å². The number of aryl methyl sites for hydroxylation is 3. The predicted molar refractivity (Wildman–Crippen MR) is 72.2 cm³/mol. The second-order valence-corrected chi connectivity index (χ2v) is 4.76. The van der Waals surface area contributed by atoms with Crippen LogP contribution in [-0.2, 0) is 13.5 Å². The molecule has 0 aliphatic rings. The van der Waals surface area contributed by atoms with Crippen LogP contribution in [0.3, 0.4) is 0 Å². The van der Waals surface area contributed by atoms with Crippen molar-refractivity contribution in [1.29, 1.82) is 0 Å². The number of aromatic nitrogens is 2. The molecule has 0 radical (unpaired) electrons. The third kappa shape index (κ3) is 2.31. The van der Waals surface area contributed by atoms with E-state index in [-0.39, 0.29) is 12.2 Å². The summed E-state index contributed by atoms with van der Waals surface area (Å²) in [7, 11) is 1.80. The molecule has 0 saturated carbocycles. The van der Waals surface area contributed by atoms with Gasteiger partial charge in [-0.15, -0.1) is 0 Å². The fourth-order valence-electron chi connectivity index (χ4n) is 2.01. The fourth-order valence-corrected chi connectivity index (χ4v) is 2.23. The molecule has 0 unspecified atom stereocenters. The average molecular weight is 263 g/mol. The first-order valence-corrected chi connectivity index (χ1v) is 6.15. The summed E-state index contributed by atoms with van der Waals surface area (Å²) >= 11 is 6.15. The zero-order chi connectivity index (χ0) is 13.3. The number of carbonyl (C=O) groups is 1. The molecular weight excluding hydrogens is 248 g/mol. The molecule has 1 aromatic heterocycles. The van der Waals surface area contributed by atoms with E-state index in [1.54, 1.807) is 11.7 Å². The molecule has 0 N–H and O–H groups in total. The Labute approximate surface area is 111 Å². The Kier molecular flexibility index (Phi) is 3.53. The van der Waals surface area contributed by atoms with Crippen LogP contribution in [0.1, 0.15) is 27.3 Å². The molecule has 1 heterocycles. The summed E-state index contributed by atoms with van der Waals surface area (Å²) in [4.78, 5) is 12.2. The molecule has 0 amide bonds. The zero-order valence-corrected chi connectivity index (χ0v) is 11.5. The van der Waals surface area contributed by atoms with Crippen LogP contribution in [0.2, 0.25) is 5.02 Å². The topological polar surface area (TPSA) is 34.9 Å². The molecule has 2 aromatic rings. The van der Waals surface area contributed by atoms with Gasteiger partial charge in [-0.25, -0.2) is 0 Å². The predicted octanol–water partition coefficient (Wildman–Crippen LogP) is 3.12. The summed E-state index contributed by atoms with van der Waals surface area (Å²) < 4.78 is 1.67. The van der Waals surface area contributed by atoms with E-state index in [2.05, 4.69) is 5.10 Å². The van der Waals surface area contributed by atoms with Crippen molar-refractivity contribution in [2.75, 3.05) is 0 Å². The lowest BCUT2D eigenvalue weighted by atomic mass is 10.0. The van der Waals surface area contributed by atoms with Crippen LogP contribution >= 0.6 is 11.6 Å². The summed E-state index contributed by atoms with van der Waals surface area (Å²) in [5.41, 5.74) is 3.25. The maximum Gasteiger partial charge on any atom is 0.169 e. The Balaban J connectivity index is 2.30. The van der Waals surface area contributed by atoms with Crippen molar-refractivity contribution in [3.63, 3.8) is 0 Å². The van der Waals surface area contributed by atoms with Crippen molar-refractivity contribution in [3.8, 4) is 0 Å². The highest BCUT2D eigenvalue weighted by Crippen LogP contribution is 2.21. The number of benzene rings is 1. The molecule has 18 heavy (non-hydrogen) atoms. The first-order chi connectivity index (χ1) is 8.50. The molecule has 0 aliphatic heterocycles. The summed E-state index contributed by atoms with van der Waals surface area (Å²) in [6.45, 7) is 3.77. The lowest BCUT2D eigenvalue weighted by Gasteiger charge is -2.05. The fraction of sp³-hybridized carbons (Fsp3) is 0.286. The highest BCUT2D eigenvalue weighted by atomic mass is 35.5. The molecule has 94 valence electrons. The van der Waals surface area contributed by atoms with Crippen LogP contribution in [0, 0.1) is 13.8 Å². The zero-order valence-electron chi connectivity index (χ0n) is 10.7. The molecule has 0 spiro atoms. The molecule has 2 rings (SSSR count). The molecule has 4 heteroatoms. The Bertz CT molecular complexity index is 602. The first kappa shape index (κ1) is 12.8. The van der Waals surface area contributed by atoms with Crippen molar-refractivity contribution in [2.45, 2.75) is 20.3 Å². The number of rotatable bonds is 3. The second-order valence-electron chi connectivity index (χ2n) is 4.38. The molecule has 1 aromatic carbocycles. The lowest BCUT2D eigenvalue weighted by molar-refractivity contribution is 0.0990. The highest BCUT2D eigenvalue weighted by Gasteiger charge is 2.16. The van der Waals surface area contributed by atoms with Gasteiger partial charge in [0.15, 0.2) is 5.78 Å². The maximum atomic E-state index is 12.2. The first-order valence-electron chi connectivity index (χ1n) is 5.77. The Morgan fingerprint density at radius 2 is 2.00 bits per heavy atom. The van der Waals surface area contributed by atoms with Crippen molar-refractivity contribution in [3.05, 3.63) is 51.8 Å². The number of carbonyl (C=O) groups excluding carboxylic acids is 1. The smallest absolute Gasteiger partial charge is 0.169 e. The summed E-state index contributed by atoms with van der Waals surface area (Å²) in [5, 5.41) is 4.80. The minimum Gasteiger partial charge on any atom is -0.294 e. The third-order valence-corrected chi connectivity index (χ3v) is 3.53. The van der Waals surface area contributed by atoms with Crippen LogP contribution in [-0.4, -0.2) is 15.6 Å². The van der Waals surface area contributed by atoms with Gasteiger partial charge in [0.2, 0.25) is 0 Å². The Morgan fingerprint density at radius 1 is 1.33 bits per heavy atom. The number of hydrogen-bond donors (Lipinski definition) is 0. The van der Waals surface area contributed by atoms with Crippen molar-refractivity contribution >= 4 is 17.4 Å². The quantitative estimate of drug-likeness (QED) is 0.797.